The number of rotatable bonds is 7. The van der Waals surface area contributed by atoms with Gasteiger partial charge in [0, 0.05) is 53.6 Å². The lowest BCUT2D eigenvalue weighted by atomic mass is 10.0. The lowest BCUT2D eigenvalue weighted by Gasteiger charge is -2.39. The Hall–Kier alpha value is -2.64. The molecule has 1 atom stereocenters. The van der Waals surface area contributed by atoms with Gasteiger partial charge in [-0.1, -0.05) is 44.2 Å². The average molecular weight is 478 g/mol. The fraction of sp³-hybridized carbons (Fsp3) is 0.444. The molecule has 0 aromatic carbocycles. The van der Waals surface area contributed by atoms with Gasteiger partial charge in [0.15, 0.2) is 5.82 Å². The number of hydrogen-bond donors (Lipinski definition) is 1. The van der Waals surface area contributed by atoms with Crippen LogP contribution in [0, 0.1) is 0 Å². The van der Waals surface area contributed by atoms with Crippen molar-refractivity contribution in [1.82, 2.24) is 19.5 Å². The fourth-order valence-corrected chi connectivity index (χ4v) is 5.58. The normalized spacial score (nSPS) is 18.7. The maximum absolute atomic E-state index is 13.0. The van der Waals surface area contributed by atoms with Gasteiger partial charge in [0.05, 0.1) is 0 Å². The second-order valence-corrected chi connectivity index (χ2v) is 10.3. The first-order valence-corrected chi connectivity index (χ1v) is 13.1. The molecule has 6 nitrogen and oxygen atoms in total. The number of fused-ring (bicyclic) bond motifs is 2. The van der Waals surface area contributed by atoms with Gasteiger partial charge in [-0.2, -0.15) is 0 Å². The highest BCUT2D eigenvalue weighted by Gasteiger charge is 2.29. The maximum Gasteiger partial charge on any atom is 0.275 e. The Bertz CT molecular complexity index is 1210. The van der Waals surface area contributed by atoms with E-state index in [-0.39, 0.29) is 11.7 Å². The van der Waals surface area contributed by atoms with Gasteiger partial charge in [0.25, 0.3) is 5.56 Å². The Morgan fingerprint density at radius 2 is 2.12 bits per heavy atom. The molecule has 1 N–H and O–H groups in total. The molecule has 34 heavy (non-hydrogen) atoms. The van der Waals surface area contributed by atoms with Crippen LogP contribution >= 0.6 is 11.8 Å². The molecule has 2 aromatic rings. The molecule has 0 saturated heterocycles. The number of aromatic nitrogens is 3. The highest BCUT2D eigenvalue weighted by Crippen LogP contribution is 2.35. The summed E-state index contributed by atoms with van der Waals surface area (Å²) in [6.07, 6.45) is 13.7. The molecule has 2 aliphatic heterocycles. The molecule has 7 heteroatoms. The molecule has 0 radical (unpaired) electrons. The van der Waals surface area contributed by atoms with E-state index in [1.54, 1.807) is 22.6 Å². The first-order valence-electron chi connectivity index (χ1n) is 12.2. The van der Waals surface area contributed by atoms with Crippen molar-refractivity contribution >= 4 is 22.7 Å². The number of allylic oxidation sites excluding steroid dienone is 3. The molecule has 0 amide bonds. The first-order chi connectivity index (χ1) is 16.4. The minimum atomic E-state index is -0.0500. The topological polar surface area (TPSA) is 63.1 Å². The quantitative estimate of drug-likeness (QED) is 0.581. The third kappa shape index (κ3) is 5.05. The summed E-state index contributed by atoms with van der Waals surface area (Å²) in [5.74, 6) is 0.671. The van der Waals surface area contributed by atoms with Crippen molar-refractivity contribution in [2.45, 2.75) is 73.0 Å². The number of aryl methyl sites for hydroxylation is 1. The minimum absolute atomic E-state index is 0.00668. The van der Waals surface area contributed by atoms with Gasteiger partial charge in [-0.25, -0.2) is 9.66 Å². The summed E-state index contributed by atoms with van der Waals surface area (Å²) in [6.45, 7) is 12.3. The summed E-state index contributed by atoms with van der Waals surface area (Å²) in [5, 5.41) is 0. The molecule has 1 unspecified atom stereocenters. The molecule has 0 aliphatic carbocycles. The van der Waals surface area contributed by atoms with Crippen molar-refractivity contribution in [3.63, 3.8) is 0 Å². The van der Waals surface area contributed by atoms with Crippen LogP contribution in [0.5, 0.6) is 0 Å². The molecule has 180 valence electrons. The molecule has 4 rings (SSSR count). The highest BCUT2D eigenvalue weighted by atomic mass is 32.2. The van der Waals surface area contributed by atoms with E-state index < -0.39 is 0 Å². The Balaban J connectivity index is 1.58. The van der Waals surface area contributed by atoms with E-state index in [9.17, 15) is 4.79 Å². The van der Waals surface area contributed by atoms with Crippen molar-refractivity contribution in [2.75, 3.05) is 12.0 Å². The van der Waals surface area contributed by atoms with Gasteiger partial charge >= 0.3 is 0 Å². The van der Waals surface area contributed by atoms with E-state index >= 15 is 0 Å². The monoisotopic (exact) mass is 477 g/mol. The Morgan fingerprint density at radius 3 is 2.85 bits per heavy atom. The van der Waals surface area contributed by atoms with Crippen molar-refractivity contribution in [1.29, 1.82) is 0 Å². The lowest BCUT2D eigenvalue weighted by molar-refractivity contribution is 0.205. The number of pyridine rings is 1. The summed E-state index contributed by atoms with van der Waals surface area (Å²) in [4.78, 5) is 27.3. The number of hydrogen-bond acceptors (Lipinski definition) is 6. The lowest BCUT2D eigenvalue weighted by Crippen LogP contribution is -2.52. The number of nitrogens with zero attached hydrogens (tertiary/aromatic N) is 4. The highest BCUT2D eigenvalue weighted by molar-refractivity contribution is 8.11. The molecule has 2 aliphatic rings. The van der Waals surface area contributed by atoms with Crippen molar-refractivity contribution in [3.8, 4) is 0 Å². The van der Waals surface area contributed by atoms with Crippen LogP contribution in [-0.2, 0) is 19.4 Å². The predicted octanol–water partition coefficient (Wildman–Crippen LogP) is 5.34. The van der Waals surface area contributed by atoms with E-state index in [4.69, 9.17) is 4.98 Å². The second-order valence-electron chi connectivity index (χ2n) is 8.98. The summed E-state index contributed by atoms with van der Waals surface area (Å²) >= 11 is 1.80. The third-order valence-corrected chi connectivity index (χ3v) is 7.54. The van der Waals surface area contributed by atoms with E-state index in [1.165, 1.54) is 21.1 Å². The summed E-state index contributed by atoms with van der Waals surface area (Å²) < 4.78 is 1.63. The first kappa shape index (κ1) is 24.5. The summed E-state index contributed by atoms with van der Waals surface area (Å²) in [7, 11) is 0. The largest absolute Gasteiger partial charge is 0.300 e. The van der Waals surface area contributed by atoms with Crippen LogP contribution in [-0.4, -0.2) is 32.3 Å². The van der Waals surface area contributed by atoms with Crippen molar-refractivity contribution < 1.29 is 0 Å². The van der Waals surface area contributed by atoms with Crippen LogP contribution in [0.2, 0.25) is 0 Å². The van der Waals surface area contributed by atoms with Crippen molar-refractivity contribution in [2.24, 2.45) is 0 Å². The van der Waals surface area contributed by atoms with Gasteiger partial charge in [0.2, 0.25) is 0 Å². The van der Waals surface area contributed by atoms with Gasteiger partial charge in [-0.3, -0.25) is 20.1 Å². The Kier molecular flexibility index (Phi) is 7.73. The van der Waals surface area contributed by atoms with E-state index in [0.29, 0.717) is 5.82 Å². The van der Waals surface area contributed by atoms with Crippen LogP contribution in [0.1, 0.15) is 75.7 Å². The SMILES string of the molecule is C/C=C(\S/C(C)=C\CC)c1cnc2c(c1)CN(C1Nn3c(ncc(CCC)c3=O)C=C1C)CC2. The molecule has 0 saturated carbocycles. The number of nitrogens with one attached hydrogen (secondary N) is 1. The Morgan fingerprint density at radius 1 is 1.29 bits per heavy atom. The second kappa shape index (κ2) is 10.7. The fourth-order valence-electron chi connectivity index (χ4n) is 4.64. The molecular formula is C27H35N5OS. The van der Waals surface area contributed by atoms with Crippen molar-refractivity contribution in [3.05, 3.63) is 79.7 Å². The molecular weight excluding hydrogens is 442 g/mol. The molecule has 0 fully saturated rings. The van der Waals surface area contributed by atoms with Gasteiger partial charge < -0.3 is 0 Å². The molecule has 2 aromatic heterocycles. The summed E-state index contributed by atoms with van der Waals surface area (Å²) in [5.41, 5.74) is 8.97. The smallest absolute Gasteiger partial charge is 0.275 e. The maximum atomic E-state index is 13.0. The molecule has 0 bridgehead atoms. The van der Waals surface area contributed by atoms with Gasteiger partial charge in [-0.05, 0) is 61.8 Å². The van der Waals surface area contributed by atoms with E-state index in [0.717, 1.165) is 55.5 Å². The molecule has 0 spiro atoms. The average Bonchev–Trinajstić information content (AvgIpc) is 2.83. The zero-order valence-corrected chi connectivity index (χ0v) is 21.7. The molecule has 4 heterocycles. The van der Waals surface area contributed by atoms with Crippen LogP contribution in [0.3, 0.4) is 0 Å². The van der Waals surface area contributed by atoms with Gasteiger partial charge in [-0.15, -0.1) is 0 Å². The zero-order valence-electron chi connectivity index (χ0n) is 20.9. The standard InChI is InChI=1S/C27H35N5OS/c1-6-9-19(5)34-24(8-3)21-14-22-17-31(12-11-23(22)28-16-21)26-18(4)13-25-29-15-20(10-7-2)27(33)32(25)30-26/h8-9,13-16,26,30H,6-7,10-12,17H2,1-5H3/b19-9-,24-8-. The van der Waals surface area contributed by atoms with Crippen LogP contribution in [0.4, 0.5) is 0 Å². The minimum Gasteiger partial charge on any atom is -0.300 e. The number of thioether (sulfide) groups is 1. The van der Waals surface area contributed by atoms with E-state index in [2.05, 4.69) is 68.1 Å². The third-order valence-electron chi connectivity index (χ3n) is 6.36. The van der Waals surface area contributed by atoms with Crippen LogP contribution < -0.4 is 11.0 Å². The van der Waals surface area contributed by atoms with Gasteiger partial charge in [0.1, 0.15) is 6.17 Å². The van der Waals surface area contributed by atoms with Crippen LogP contribution in [0.25, 0.3) is 11.0 Å². The Labute approximate surface area is 206 Å². The van der Waals surface area contributed by atoms with Crippen LogP contribution in [0.15, 0.2) is 45.9 Å². The zero-order chi connectivity index (χ0) is 24.2. The predicted molar refractivity (Wildman–Crippen MR) is 143 cm³/mol. The van der Waals surface area contributed by atoms with E-state index in [1.807, 2.05) is 12.3 Å². The summed E-state index contributed by atoms with van der Waals surface area (Å²) in [6, 6.07) is 2.29.